The molecule has 1 saturated carbocycles. The number of carbonyl (C=O) groups is 2. The first-order valence-corrected chi connectivity index (χ1v) is 14.2. The SMILES string of the molecule is CN(C)c1ccnc(N[C@H]2CC[C@@H](NC(=O)[C@H](Cc3cn(Cc4ccccc4)cn3)NC(=O)OC(C)(C)C)CC2)n1. The number of rotatable bonds is 10. The van der Waals surface area contributed by atoms with Gasteiger partial charge in [0.1, 0.15) is 17.5 Å². The lowest BCUT2D eigenvalue weighted by Gasteiger charge is -2.31. The molecule has 0 saturated heterocycles. The molecule has 1 atom stereocenters. The molecule has 2 amide bonds. The molecule has 2 aromatic heterocycles. The number of nitrogens with one attached hydrogen (secondary N) is 3. The fourth-order valence-electron chi connectivity index (χ4n) is 4.79. The highest BCUT2D eigenvalue weighted by Gasteiger charge is 2.29. The van der Waals surface area contributed by atoms with Crippen molar-refractivity contribution < 1.29 is 14.3 Å². The van der Waals surface area contributed by atoms with Crippen LogP contribution in [0.4, 0.5) is 16.6 Å². The molecule has 0 bridgehead atoms. The molecule has 220 valence electrons. The Morgan fingerprint density at radius 3 is 2.44 bits per heavy atom. The van der Waals surface area contributed by atoms with Crippen LogP contribution < -0.4 is 20.9 Å². The van der Waals surface area contributed by atoms with Crippen molar-refractivity contribution in [2.75, 3.05) is 24.3 Å². The van der Waals surface area contributed by atoms with E-state index in [0.717, 1.165) is 37.1 Å². The van der Waals surface area contributed by atoms with Crippen molar-refractivity contribution >= 4 is 23.8 Å². The van der Waals surface area contributed by atoms with Gasteiger partial charge in [0.2, 0.25) is 11.9 Å². The maximum atomic E-state index is 13.4. The minimum Gasteiger partial charge on any atom is -0.444 e. The number of alkyl carbamates (subject to hydrolysis) is 1. The van der Waals surface area contributed by atoms with E-state index in [1.165, 1.54) is 0 Å². The molecule has 2 heterocycles. The zero-order valence-electron chi connectivity index (χ0n) is 24.6. The van der Waals surface area contributed by atoms with E-state index in [2.05, 4.69) is 43.0 Å². The summed E-state index contributed by atoms with van der Waals surface area (Å²) in [6.07, 6.45) is 8.38. The fourth-order valence-corrected chi connectivity index (χ4v) is 4.79. The molecular formula is C30H42N8O3. The summed E-state index contributed by atoms with van der Waals surface area (Å²) in [6.45, 7) is 6.05. The molecule has 0 radical (unpaired) electrons. The van der Waals surface area contributed by atoms with Gasteiger partial charge in [-0.3, -0.25) is 4.79 Å². The number of hydrogen-bond acceptors (Lipinski definition) is 8. The molecule has 1 aromatic carbocycles. The van der Waals surface area contributed by atoms with Gasteiger partial charge >= 0.3 is 6.09 Å². The van der Waals surface area contributed by atoms with Gasteiger partial charge in [0.25, 0.3) is 0 Å². The molecule has 41 heavy (non-hydrogen) atoms. The number of nitrogens with zero attached hydrogens (tertiary/aromatic N) is 5. The van der Waals surface area contributed by atoms with Crippen molar-refractivity contribution in [2.45, 2.75) is 83.1 Å². The lowest BCUT2D eigenvalue weighted by Crippen LogP contribution is -2.52. The molecule has 3 aromatic rings. The topological polar surface area (TPSA) is 126 Å². The fraction of sp³-hybridized carbons (Fsp3) is 0.500. The first-order chi connectivity index (χ1) is 19.5. The maximum absolute atomic E-state index is 13.4. The normalized spacial score (nSPS) is 17.8. The Morgan fingerprint density at radius 1 is 1.05 bits per heavy atom. The molecule has 4 rings (SSSR count). The van der Waals surface area contributed by atoms with Crippen LogP contribution in [0.15, 0.2) is 55.1 Å². The molecular weight excluding hydrogens is 520 g/mol. The van der Waals surface area contributed by atoms with E-state index >= 15 is 0 Å². The number of benzene rings is 1. The molecule has 3 N–H and O–H groups in total. The maximum Gasteiger partial charge on any atom is 0.408 e. The van der Waals surface area contributed by atoms with Crippen molar-refractivity contribution in [3.8, 4) is 0 Å². The van der Waals surface area contributed by atoms with Gasteiger partial charge in [-0.05, 0) is 58.1 Å². The summed E-state index contributed by atoms with van der Waals surface area (Å²) in [5.41, 5.74) is 1.19. The summed E-state index contributed by atoms with van der Waals surface area (Å²) in [4.78, 5) is 41.4. The van der Waals surface area contributed by atoms with E-state index in [-0.39, 0.29) is 24.4 Å². The van der Waals surface area contributed by atoms with Gasteiger partial charge in [-0.2, -0.15) is 4.98 Å². The zero-order chi connectivity index (χ0) is 29.4. The molecule has 0 unspecified atom stereocenters. The van der Waals surface area contributed by atoms with Crippen molar-refractivity contribution in [3.05, 3.63) is 66.4 Å². The lowest BCUT2D eigenvalue weighted by atomic mass is 9.91. The second-order valence-corrected chi connectivity index (χ2v) is 11.8. The van der Waals surface area contributed by atoms with Gasteiger partial charge < -0.3 is 30.2 Å². The molecule has 1 aliphatic carbocycles. The largest absolute Gasteiger partial charge is 0.444 e. The number of hydrogen-bond donors (Lipinski definition) is 3. The van der Waals surface area contributed by atoms with E-state index in [0.29, 0.717) is 18.2 Å². The summed E-state index contributed by atoms with van der Waals surface area (Å²) in [5, 5.41) is 9.35. The number of anilines is 2. The molecule has 11 nitrogen and oxygen atoms in total. The van der Waals surface area contributed by atoms with E-state index < -0.39 is 17.7 Å². The summed E-state index contributed by atoms with van der Waals surface area (Å²) >= 11 is 0. The standard InChI is InChI=1S/C30H42N8O3/c1-30(2,3)41-29(40)35-25(17-24-19-38(20-32-24)18-21-9-7-6-8-10-21)27(39)33-22-11-13-23(14-12-22)34-28-31-16-15-26(36-28)37(4)5/h6-10,15-16,19-20,22-23,25H,11-14,17-18H2,1-5H3,(H,33,39)(H,35,40)(H,31,34,36)/t22-,23+,25-/m0/s1. The minimum atomic E-state index is -0.817. The van der Waals surface area contributed by atoms with Gasteiger partial charge in [0.15, 0.2) is 0 Å². The third-order valence-electron chi connectivity index (χ3n) is 6.82. The highest BCUT2D eigenvalue weighted by molar-refractivity contribution is 5.86. The third-order valence-corrected chi connectivity index (χ3v) is 6.82. The Labute approximate surface area is 242 Å². The van der Waals surface area contributed by atoms with Crippen molar-refractivity contribution in [1.29, 1.82) is 0 Å². The Balaban J connectivity index is 1.34. The van der Waals surface area contributed by atoms with Crippen LogP contribution in [0.2, 0.25) is 0 Å². The monoisotopic (exact) mass is 562 g/mol. The average Bonchev–Trinajstić information content (AvgIpc) is 3.35. The van der Waals surface area contributed by atoms with Crippen LogP contribution in [0.1, 0.15) is 57.7 Å². The van der Waals surface area contributed by atoms with Crippen molar-refractivity contribution in [2.24, 2.45) is 0 Å². The smallest absolute Gasteiger partial charge is 0.408 e. The molecule has 11 heteroatoms. The molecule has 1 fully saturated rings. The third kappa shape index (κ3) is 9.47. The van der Waals surface area contributed by atoms with Gasteiger partial charge in [-0.25, -0.2) is 14.8 Å². The predicted octanol–water partition coefficient (Wildman–Crippen LogP) is 3.76. The van der Waals surface area contributed by atoms with E-state index in [1.54, 1.807) is 33.3 Å². The molecule has 1 aliphatic rings. The van der Waals surface area contributed by atoms with Crippen LogP contribution in [0.25, 0.3) is 0 Å². The first-order valence-electron chi connectivity index (χ1n) is 14.2. The first kappa shape index (κ1) is 29.8. The van der Waals surface area contributed by atoms with Crippen molar-refractivity contribution in [1.82, 2.24) is 30.2 Å². The number of carbonyl (C=O) groups excluding carboxylic acids is 2. The van der Waals surface area contributed by atoms with Crippen LogP contribution >= 0.6 is 0 Å². The highest BCUT2D eigenvalue weighted by Crippen LogP contribution is 2.22. The van der Waals surface area contributed by atoms with Crippen LogP contribution in [0, 0.1) is 0 Å². The molecule has 0 spiro atoms. The second kappa shape index (κ2) is 13.5. The molecule has 0 aliphatic heterocycles. The number of amides is 2. The Hall–Kier alpha value is -4.15. The van der Waals surface area contributed by atoms with Gasteiger partial charge in [-0.15, -0.1) is 0 Å². The van der Waals surface area contributed by atoms with Gasteiger partial charge in [0.05, 0.1) is 12.0 Å². The highest BCUT2D eigenvalue weighted by atomic mass is 16.6. The predicted molar refractivity (Wildman–Crippen MR) is 159 cm³/mol. The van der Waals surface area contributed by atoms with Gasteiger partial charge in [-0.1, -0.05) is 30.3 Å². The van der Waals surface area contributed by atoms with Crippen LogP contribution in [-0.4, -0.2) is 69.3 Å². The number of ether oxygens (including phenoxy) is 1. The zero-order valence-corrected chi connectivity index (χ0v) is 24.6. The summed E-state index contributed by atoms with van der Waals surface area (Å²) in [5.74, 6) is 1.21. The number of aromatic nitrogens is 4. The summed E-state index contributed by atoms with van der Waals surface area (Å²) in [6, 6.07) is 11.4. The quantitative estimate of drug-likeness (QED) is 0.341. The lowest BCUT2D eigenvalue weighted by molar-refractivity contribution is -0.124. The minimum absolute atomic E-state index is 0.00755. The van der Waals surface area contributed by atoms with E-state index in [1.807, 2.05) is 54.0 Å². The number of imidazole rings is 1. The van der Waals surface area contributed by atoms with Crippen LogP contribution in [0.3, 0.4) is 0 Å². The van der Waals surface area contributed by atoms with E-state index in [4.69, 9.17) is 4.74 Å². The van der Waals surface area contributed by atoms with Crippen molar-refractivity contribution in [3.63, 3.8) is 0 Å². The average molecular weight is 563 g/mol. The second-order valence-electron chi connectivity index (χ2n) is 11.8. The van der Waals surface area contributed by atoms with Gasteiger partial charge in [0, 0.05) is 51.5 Å². The summed E-state index contributed by atoms with van der Waals surface area (Å²) < 4.78 is 7.42. The van der Waals surface area contributed by atoms with Crippen LogP contribution in [-0.2, 0) is 22.5 Å². The van der Waals surface area contributed by atoms with Crippen LogP contribution in [0.5, 0.6) is 0 Å². The van der Waals surface area contributed by atoms with E-state index in [9.17, 15) is 9.59 Å². The Kier molecular flexibility index (Phi) is 9.80. The summed E-state index contributed by atoms with van der Waals surface area (Å²) in [7, 11) is 3.89. The Bertz CT molecular complexity index is 1280. The Morgan fingerprint density at radius 2 is 1.76 bits per heavy atom.